The van der Waals surface area contributed by atoms with E-state index in [1.165, 1.54) is 0 Å². The van der Waals surface area contributed by atoms with Gasteiger partial charge in [0.15, 0.2) is 0 Å². The number of amides is 1. The van der Waals surface area contributed by atoms with Crippen LogP contribution in [0.5, 0.6) is 0 Å². The molecule has 20 heavy (non-hydrogen) atoms. The lowest BCUT2D eigenvalue weighted by molar-refractivity contribution is 0.0952. The summed E-state index contributed by atoms with van der Waals surface area (Å²) in [4.78, 5) is 13.3. The number of benzene rings is 1. The molecule has 0 unspecified atom stereocenters. The van der Waals surface area contributed by atoms with Crippen LogP contribution in [-0.2, 0) is 6.54 Å². The summed E-state index contributed by atoms with van der Waals surface area (Å²) in [6, 6.07) is 7.87. The Morgan fingerprint density at radius 1 is 1.45 bits per heavy atom. The van der Waals surface area contributed by atoms with E-state index in [0.29, 0.717) is 6.54 Å². The van der Waals surface area contributed by atoms with Gasteiger partial charge < -0.3 is 5.32 Å². The van der Waals surface area contributed by atoms with Crippen molar-refractivity contribution in [2.45, 2.75) is 24.8 Å². The van der Waals surface area contributed by atoms with Crippen molar-refractivity contribution >= 4 is 17.7 Å². The van der Waals surface area contributed by atoms with E-state index >= 15 is 0 Å². The molecule has 0 saturated heterocycles. The average Bonchev–Trinajstić information content (AvgIpc) is 2.97. The zero-order chi connectivity index (χ0) is 14.4. The zero-order valence-electron chi connectivity index (χ0n) is 11.8. The average molecular weight is 289 g/mol. The summed E-state index contributed by atoms with van der Waals surface area (Å²) in [5.74, 6) is -0.00105. The highest BCUT2D eigenvalue weighted by Crippen LogP contribution is 2.18. The number of aromatic nitrogens is 2. The normalized spacial score (nSPS) is 10.5. The molecule has 0 spiro atoms. The molecule has 0 radical (unpaired) electrons. The van der Waals surface area contributed by atoms with Crippen LogP contribution in [0.4, 0.5) is 0 Å². The largest absolute Gasteiger partial charge is 0.352 e. The molecule has 1 aromatic carbocycles. The number of rotatable bonds is 6. The number of nitrogens with one attached hydrogen (secondary N) is 1. The van der Waals surface area contributed by atoms with Gasteiger partial charge in [-0.05, 0) is 43.4 Å². The van der Waals surface area contributed by atoms with Crippen LogP contribution in [-0.4, -0.2) is 28.5 Å². The highest BCUT2D eigenvalue weighted by Gasteiger charge is 2.09. The van der Waals surface area contributed by atoms with E-state index in [-0.39, 0.29) is 5.91 Å². The fourth-order valence-electron chi connectivity index (χ4n) is 1.94. The van der Waals surface area contributed by atoms with Crippen molar-refractivity contribution in [3.8, 4) is 0 Å². The molecular weight excluding hydrogens is 270 g/mol. The van der Waals surface area contributed by atoms with Crippen LogP contribution in [0.3, 0.4) is 0 Å². The molecule has 0 saturated carbocycles. The monoisotopic (exact) mass is 289 g/mol. The third-order valence-corrected chi connectivity index (χ3v) is 3.82. The Bertz CT molecular complexity index is 567. The van der Waals surface area contributed by atoms with Gasteiger partial charge in [0.25, 0.3) is 5.91 Å². The third-order valence-electron chi connectivity index (χ3n) is 3.10. The molecule has 4 nitrogen and oxygen atoms in total. The molecule has 2 rings (SSSR count). The van der Waals surface area contributed by atoms with Gasteiger partial charge in [0.05, 0.1) is 0 Å². The quantitative estimate of drug-likeness (QED) is 0.657. The van der Waals surface area contributed by atoms with Crippen LogP contribution in [0, 0.1) is 6.92 Å². The van der Waals surface area contributed by atoms with Gasteiger partial charge in [-0.15, -0.1) is 11.8 Å². The van der Waals surface area contributed by atoms with Crippen molar-refractivity contribution in [3.63, 3.8) is 0 Å². The topological polar surface area (TPSA) is 46.9 Å². The van der Waals surface area contributed by atoms with Gasteiger partial charge >= 0.3 is 0 Å². The summed E-state index contributed by atoms with van der Waals surface area (Å²) in [6.45, 7) is 3.43. The van der Waals surface area contributed by atoms with E-state index in [1.54, 1.807) is 18.0 Å². The van der Waals surface area contributed by atoms with Crippen molar-refractivity contribution in [2.24, 2.45) is 0 Å². The molecular formula is C15H19N3OS. The second-order valence-electron chi connectivity index (χ2n) is 4.56. The van der Waals surface area contributed by atoms with E-state index in [4.69, 9.17) is 0 Å². The Morgan fingerprint density at radius 3 is 3.00 bits per heavy atom. The second-order valence-corrected chi connectivity index (χ2v) is 5.44. The van der Waals surface area contributed by atoms with Crippen molar-refractivity contribution in [1.82, 2.24) is 15.1 Å². The van der Waals surface area contributed by atoms with Crippen LogP contribution in [0.1, 0.15) is 22.3 Å². The van der Waals surface area contributed by atoms with Crippen molar-refractivity contribution < 1.29 is 4.79 Å². The van der Waals surface area contributed by atoms with E-state index in [1.807, 2.05) is 48.3 Å². The van der Waals surface area contributed by atoms with Crippen molar-refractivity contribution in [3.05, 3.63) is 47.8 Å². The lowest BCUT2D eigenvalue weighted by Gasteiger charge is -2.09. The SMILES string of the molecule is CSc1ccc(C)c(C(=O)NCCCn2cccn2)c1. The standard InChI is InChI=1S/C15H19N3OS/c1-12-5-6-13(20-2)11-14(12)15(19)16-7-3-9-18-10-4-8-17-18/h4-6,8,10-11H,3,7,9H2,1-2H3,(H,16,19). The van der Waals surface area contributed by atoms with Crippen LogP contribution in [0.15, 0.2) is 41.6 Å². The van der Waals surface area contributed by atoms with Crippen LogP contribution in [0.25, 0.3) is 0 Å². The molecule has 0 aliphatic heterocycles. The highest BCUT2D eigenvalue weighted by atomic mass is 32.2. The third kappa shape index (κ3) is 3.87. The Hall–Kier alpha value is -1.75. The molecule has 1 N–H and O–H groups in total. The molecule has 5 heteroatoms. The summed E-state index contributed by atoms with van der Waals surface area (Å²) in [7, 11) is 0. The van der Waals surface area contributed by atoms with Gasteiger partial charge in [-0.3, -0.25) is 9.48 Å². The second kappa shape index (κ2) is 7.14. The number of thioether (sulfide) groups is 1. The first-order valence-electron chi connectivity index (χ1n) is 6.61. The van der Waals surface area contributed by atoms with Crippen molar-refractivity contribution in [2.75, 3.05) is 12.8 Å². The minimum atomic E-state index is -0.00105. The molecule has 106 valence electrons. The molecule has 0 fully saturated rings. The molecule has 0 aliphatic rings. The van der Waals surface area contributed by atoms with Crippen LogP contribution in [0.2, 0.25) is 0 Å². The summed E-state index contributed by atoms with van der Waals surface area (Å²) in [6.07, 6.45) is 6.56. The lowest BCUT2D eigenvalue weighted by Crippen LogP contribution is -2.26. The molecule has 2 aromatic rings. The number of nitrogens with zero attached hydrogens (tertiary/aromatic N) is 2. The molecule has 0 bridgehead atoms. The number of hydrogen-bond acceptors (Lipinski definition) is 3. The van der Waals surface area contributed by atoms with Crippen LogP contribution >= 0.6 is 11.8 Å². The van der Waals surface area contributed by atoms with Gasteiger partial charge in [0, 0.05) is 35.9 Å². The first kappa shape index (κ1) is 14.7. The summed E-state index contributed by atoms with van der Waals surface area (Å²) in [5, 5.41) is 7.09. The maximum atomic E-state index is 12.2. The Morgan fingerprint density at radius 2 is 2.30 bits per heavy atom. The first-order valence-corrected chi connectivity index (χ1v) is 7.83. The highest BCUT2D eigenvalue weighted by molar-refractivity contribution is 7.98. The molecule has 1 amide bonds. The van der Waals surface area contributed by atoms with E-state index in [2.05, 4.69) is 10.4 Å². The van der Waals surface area contributed by atoms with Gasteiger partial charge in [-0.25, -0.2) is 0 Å². The minimum absolute atomic E-state index is 0.00105. The number of hydrogen-bond donors (Lipinski definition) is 1. The zero-order valence-corrected chi connectivity index (χ0v) is 12.6. The van der Waals surface area contributed by atoms with E-state index < -0.39 is 0 Å². The summed E-state index contributed by atoms with van der Waals surface area (Å²) >= 11 is 1.64. The van der Waals surface area contributed by atoms with Gasteiger partial charge in [-0.1, -0.05) is 6.07 Å². The number of carbonyl (C=O) groups excluding carboxylic acids is 1. The van der Waals surface area contributed by atoms with E-state index in [9.17, 15) is 4.79 Å². The maximum Gasteiger partial charge on any atom is 0.251 e. The fourth-order valence-corrected chi connectivity index (χ4v) is 2.38. The fraction of sp³-hybridized carbons (Fsp3) is 0.333. The van der Waals surface area contributed by atoms with Gasteiger partial charge in [-0.2, -0.15) is 5.10 Å². The number of aryl methyl sites for hydroxylation is 2. The minimum Gasteiger partial charge on any atom is -0.352 e. The molecule has 1 heterocycles. The smallest absolute Gasteiger partial charge is 0.251 e. The number of carbonyl (C=O) groups is 1. The van der Waals surface area contributed by atoms with Crippen LogP contribution < -0.4 is 5.32 Å². The Balaban J connectivity index is 1.85. The lowest BCUT2D eigenvalue weighted by atomic mass is 10.1. The molecule has 0 atom stereocenters. The predicted octanol–water partition coefficient (Wildman–Crippen LogP) is 2.73. The van der Waals surface area contributed by atoms with Gasteiger partial charge in [0.1, 0.15) is 0 Å². The van der Waals surface area contributed by atoms with E-state index in [0.717, 1.165) is 29.0 Å². The van der Waals surface area contributed by atoms with Crippen molar-refractivity contribution in [1.29, 1.82) is 0 Å². The first-order chi connectivity index (χ1) is 9.70. The van der Waals surface area contributed by atoms with Gasteiger partial charge in [0.2, 0.25) is 0 Å². The maximum absolute atomic E-state index is 12.2. The Kier molecular flexibility index (Phi) is 5.24. The Labute approximate surface area is 123 Å². The summed E-state index contributed by atoms with van der Waals surface area (Å²) in [5.41, 5.74) is 1.77. The summed E-state index contributed by atoms with van der Waals surface area (Å²) < 4.78 is 1.87. The molecule has 1 aromatic heterocycles. The predicted molar refractivity (Wildman–Crippen MR) is 82.1 cm³/mol. The molecule has 0 aliphatic carbocycles.